The van der Waals surface area contributed by atoms with E-state index in [4.69, 9.17) is 0 Å². The largest absolute Gasteiger partial charge is 0.317 e. The molecular formula is C24H30N6O2. The van der Waals surface area contributed by atoms with Crippen LogP contribution < -0.4 is 10.6 Å². The summed E-state index contributed by atoms with van der Waals surface area (Å²) in [6, 6.07) is 11.9. The highest BCUT2D eigenvalue weighted by Crippen LogP contribution is 2.26. The maximum absolute atomic E-state index is 12.9. The van der Waals surface area contributed by atoms with Crippen LogP contribution in [0.3, 0.4) is 0 Å². The van der Waals surface area contributed by atoms with E-state index in [1.165, 1.54) is 10.2 Å². The van der Waals surface area contributed by atoms with Gasteiger partial charge in [0, 0.05) is 25.6 Å². The van der Waals surface area contributed by atoms with Gasteiger partial charge in [-0.25, -0.2) is 0 Å². The van der Waals surface area contributed by atoms with Crippen molar-refractivity contribution < 1.29 is 9.59 Å². The molecule has 1 aliphatic carbocycles. The van der Waals surface area contributed by atoms with Crippen LogP contribution >= 0.6 is 0 Å². The summed E-state index contributed by atoms with van der Waals surface area (Å²) in [7, 11) is 1.72. The highest BCUT2D eigenvalue weighted by molar-refractivity contribution is 6.04. The molecule has 0 spiro atoms. The lowest BCUT2D eigenvalue weighted by Crippen LogP contribution is -2.21. The molecule has 1 aromatic carbocycles. The normalized spacial score (nSPS) is 14.0. The van der Waals surface area contributed by atoms with E-state index in [2.05, 4.69) is 33.0 Å². The molecule has 0 unspecified atom stereocenters. The average molecular weight is 435 g/mol. The molecule has 1 fully saturated rings. The molecule has 2 aromatic heterocycles. The second-order valence-corrected chi connectivity index (χ2v) is 8.47. The Morgan fingerprint density at radius 1 is 1.06 bits per heavy atom. The summed E-state index contributed by atoms with van der Waals surface area (Å²) >= 11 is 0. The Balaban J connectivity index is 1.42. The fourth-order valence-corrected chi connectivity index (χ4v) is 4.26. The summed E-state index contributed by atoms with van der Waals surface area (Å²) in [6.45, 7) is 4.56. The minimum atomic E-state index is -0.323. The van der Waals surface area contributed by atoms with Crippen molar-refractivity contribution >= 4 is 23.3 Å². The van der Waals surface area contributed by atoms with Gasteiger partial charge in [0.05, 0.1) is 17.1 Å². The Morgan fingerprint density at radius 3 is 2.50 bits per heavy atom. The number of carbonyl (C=O) groups is 2. The van der Waals surface area contributed by atoms with Crippen molar-refractivity contribution in [2.75, 3.05) is 10.6 Å². The number of rotatable bonds is 7. The highest BCUT2D eigenvalue weighted by Gasteiger charge is 2.24. The number of hydrogen-bond donors (Lipinski definition) is 2. The van der Waals surface area contributed by atoms with Crippen LogP contribution in [0.5, 0.6) is 0 Å². The molecule has 0 atom stereocenters. The number of aromatic nitrogens is 4. The summed E-state index contributed by atoms with van der Waals surface area (Å²) in [6.07, 6.45) is 4.89. The van der Waals surface area contributed by atoms with E-state index in [1.807, 2.05) is 36.7 Å². The van der Waals surface area contributed by atoms with Crippen LogP contribution in [-0.2, 0) is 24.8 Å². The van der Waals surface area contributed by atoms with Crippen molar-refractivity contribution in [1.29, 1.82) is 0 Å². The molecule has 3 aromatic rings. The summed E-state index contributed by atoms with van der Waals surface area (Å²) in [5.74, 6) is 0.257. The molecule has 1 aliphatic rings. The van der Waals surface area contributed by atoms with Crippen LogP contribution in [0.1, 0.15) is 53.1 Å². The zero-order chi connectivity index (χ0) is 22.7. The Kier molecular flexibility index (Phi) is 6.39. The lowest BCUT2D eigenvalue weighted by Gasteiger charge is -2.09. The molecule has 0 saturated heterocycles. The van der Waals surface area contributed by atoms with Crippen molar-refractivity contribution in [2.45, 2.75) is 52.5 Å². The molecule has 168 valence electrons. The number of benzene rings is 1. The van der Waals surface area contributed by atoms with Crippen molar-refractivity contribution in [3.8, 4) is 0 Å². The second kappa shape index (κ2) is 9.38. The molecule has 1 saturated carbocycles. The number of carbonyl (C=O) groups excluding carboxylic acids is 2. The number of nitrogens with zero attached hydrogens (tertiary/aromatic N) is 4. The fraction of sp³-hybridized carbons (Fsp3) is 0.417. The average Bonchev–Trinajstić information content (AvgIpc) is 3.50. The Bertz CT molecular complexity index is 1110. The van der Waals surface area contributed by atoms with Gasteiger partial charge < -0.3 is 10.6 Å². The summed E-state index contributed by atoms with van der Waals surface area (Å²) in [5.41, 5.74) is 3.86. The zero-order valence-corrected chi connectivity index (χ0v) is 18.9. The topological polar surface area (TPSA) is 93.8 Å². The van der Waals surface area contributed by atoms with Gasteiger partial charge in [0.2, 0.25) is 5.91 Å². The molecular weight excluding hydrogens is 404 g/mol. The van der Waals surface area contributed by atoms with Crippen LogP contribution in [-0.4, -0.2) is 31.4 Å². The molecule has 0 radical (unpaired) electrons. The van der Waals surface area contributed by atoms with Crippen molar-refractivity contribution in [3.63, 3.8) is 0 Å². The fourth-order valence-electron chi connectivity index (χ4n) is 4.26. The zero-order valence-electron chi connectivity index (χ0n) is 18.9. The number of hydrogen-bond acceptors (Lipinski definition) is 4. The van der Waals surface area contributed by atoms with Gasteiger partial charge in [-0.2, -0.15) is 10.2 Å². The summed E-state index contributed by atoms with van der Waals surface area (Å²) in [5, 5.41) is 14.8. The van der Waals surface area contributed by atoms with E-state index in [1.54, 1.807) is 13.1 Å². The standard InChI is InChI=1S/C24H30N6O2/c1-16-22(17(2)30(27-16)14-13-18-9-5-4-6-10-18)26-24(32)20-15-21(29(3)28-20)25-23(31)19-11-7-8-12-19/h4-6,9-10,15,19H,7-8,11-14H2,1-3H3,(H,25,31)(H,26,32). The van der Waals surface area contributed by atoms with E-state index in [0.29, 0.717) is 11.5 Å². The van der Waals surface area contributed by atoms with Crippen LogP contribution in [0.25, 0.3) is 0 Å². The van der Waals surface area contributed by atoms with Gasteiger partial charge in [0.15, 0.2) is 5.69 Å². The van der Waals surface area contributed by atoms with E-state index < -0.39 is 0 Å². The Labute approximate surface area is 188 Å². The molecule has 8 heteroatoms. The number of amides is 2. The summed E-state index contributed by atoms with van der Waals surface area (Å²) in [4.78, 5) is 25.3. The number of nitrogens with one attached hydrogen (secondary N) is 2. The third-order valence-electron chi connectivity index (χ3n) is 6.16. The maximum Gasteiger partial charge on any atom is 0.276 e. The molecule has 0 aliphatic heterocycles. The first kappa shape index (κ1) is 21.8. The minimum absolute atomic E-state index is 0.00356. The molecule has 4 rings (SSSR count). The number of anilines is 2. The lowest BCUT2D eigenvalue weighted by atomic mass is 10.1. The van der Waals surface area contributed by atoms with Gasteiger partial charge in [-0.05, 0) is 38.7 Å². The third kappa shape index (κ3) is 4.74. The lowest BCUT2D eigenvalue weighted by molar-refractivity contribution is -0.119. The third-order valence-corrected chi connectivity index (χ3v) is 6.16. The van der Waals surface area contributed by atoms with Crippen LogP contribution in [0.2, 0.25) is 0 Å². The molecule has 0 bridgehead atoms. The highest BCUT2D eigenvalue weighted by atomic mass is 16.2. The predicted octanol–water partition coefficient (Wildman–Crippen LogP) is 3.86. The van der Waals surface area contributed by atoms with Gasteiger partial charge in [0.1, 0.15) is 5.82 Å². The van der Waals surface area contributed by atoms with Gasteiger partial charge in [-0.1, -0.05) is 43.2 Å². The van der Waals surface area contributed by atoms with E-state index in [9.17, 15) is 9.59 Å². The first-order valence-electron chi connectivity index (χ1n) is 11.2. The monoisotopic (exact) mass is 434 g/mol. The molecule has 2 amide bonds. The van der Waals surface area contributed by atoms with Crippen LogP contribution in [0.15, 0.2) is 36.4 Å². The van der Waals surface area contributed by atoms with Gasteiger partial charge in [-0.15, -0.1) is 0 Å². The van der Waals surface area contributed by atoms with E-state index in [-0.39, 0.29) is 23.4 Å². The van der Waals surface area contributed by atoms with E-state index >= 15 is 0 Å². The van der Waals surface area contributed by atoms with Gasteiger partial charge in [-0.3, -0.25) is 19.0 Å². The van der Waals surface area contributed by atoms with Crippen molar-refractivity contribution in [2.24, 2.45) is 13.0 Å². The molecule has 8 nitrogen and oxygen atoms in total. The number of aryl methyl sites for hydroxylation is 4. The quantitative estimate of drug-likeness (QED) is 0.590. The summed E-state index contributed by atoms with van der Waals surface area (Å²) < 4.78 is 3.45. The smallest absolute Gasteiger partial charge is 0.276 e. The van der Waals surface area contributed by atoms with Crippen LogP contribution in [0, 0.1) is 19.8 Å². The maximum atomic E-state index is 12.9. The van der Waals surface area contributed by atoms with Crippen LogP contribution in [0.4, 0.5) is 11.5 Å². The molecule has 2 heterocycles. The van der Waals surface area contributed by atoms with Gasteiger partial charge in [0.25, 0.3) is 5.91 Å². The van der Waals surface area contributed by atoms with Crippen molar-refractivity contribution in [1.82, 2.24) is 19.6 Å². The first-order valence-corrected chi connectivity index (χ1v) is 11.2. The molecule has 32 heavy (non-hydrogen) atoms. The Hall–Kier alpha value is -3.42. The Morgan fingerprint density at radius 2 is 1.78 bits per heavy atom. The predicted molar refractivity (Wildman–Crippen MR) is 124 cm³/mol. The first-order chi connectivity index (χ1) is 15.4. The van der Waals surface area contributed by atoms with Crippen molar-refractivity contribution in [3.05, 3.63) is 59.0 Å². The SMILES string of the molecule is Cc1nn(CCc2ccccc2)c(C)c1NC(=O)c1cc(NC(=O)C2CCCC2)n(C)n1. The minimum Gasteiger partial charge on any atom is -0.317 e. The second-order valence-electron chi connectivity index (χ2n) is 8.47. The molecule has 2 N–H and O–H groups in total. The van der Waals surface area contributed by atoms with Gasteiger partial charge >= 0.3 is 0 Å². The van der Waals surface area contributed by atoms with E-state index in [0.717, 1.165) is 50.0 Å².